The number of anilines is 1. The number of ether oxygens (including phenoxy) is 1. The minimum atomic E-state index is -0.800. The zero-order chi connectivity index (χ0) is 20.7. The number of esters is 1. The molecule has 2 rings (SSSR count). The molecule has 0 aliphatic rings. The molecule has 0 unspecified atom stereocenters. The second kappa shape index (κ2) is 9.47. The summed E-state index contributed by atoms with van der Waals surface area (Å²) in [7, 11) is 0. The van der Waals surface area contributed by atoms with Crippen LogP contribution in [-0.4, -0.2) is 35.9 Å². The van der Waals surface area contributed by atoms with Crippen LogP contribution in [0.5, 0.6) is 0 Å². The van der Waals surface area contributed by atoms with Crippen molar-refractivity contribution in [2.24, 2.45) is 0 Å². The van der Waals surface area contributed by atoms with Crippen LogP contribution in [0.25, 0.3) is 0 Å². The summed E-state index contributed by atoms with van der Waals surface area (Å²) < 4.78 is 4.77. The van der Waals surface area contributed by atoms with Gasteiger partial charge in [0.15, 0.2) is 6.61 Å². The molecular weight excluding hydrogens is 390 g/mol. The summed E-state index contributed by atoms with van der Waals surface area (Å²) in [4.78, 5) is 45.5. The molecule has 0 spiro atoms. The molecule has 0 bridgehead atoms. The number of nitrogens with one attached hydrogen (secondary N) is 2. The Morgan fingerprint density at radius 1 is 1.18 bits per heavy atom. The third kappa shape index (κ3) is 6.06. The van der Waals surface area contributed by atoms with Crippen molar-refractivity contribution in [2.45, 2.75) is 6.92 Å². The zero-order valence-corrected chi connectivity index (χ0v) is 15.5. The van der Waals surface area contributed by atoms with E-state index in [9.17, 15) is 24.5 Å². The molecule has 0 radical (unpaired) electrons. The van der Waals surface area contributed by atoms with Crippen molar-refractivity contribution < 1.29 is 24.0 Å². The predicted molar refractivity (Wildman–Crippen MR) is 101 cm³/mol. The van der Waals surface area contributed by atoms with Gasteiger partial charge >= 0.3 is 5.97 Å². The standard InChI is InChI=1S/C18H16ClN3O6/c1-11-3-2-4-12(7-11)18(25)20-9-17(24)28-10-16(23)21-15-6-5-13(22(26)27)8-14(15)19/h2-8H,9-10H2,1H3,(H,20,25)(H,21,23). The van der Waals surface area contributed by atoms with Crippen molar-refractivity contribution in [2.75, 3.05) is 18.5 Å². The molecule has 2 aromatic rings. The third-order valence-electron chi connectivity index (χ3n) is 3.48. The highest BCUT2D eigenvalue weighted by Gasteiger charge is 2.14. The van der Waals surface area contributed by atoms with Crippen LogP contribution in [0.1, 0.15) is 15.9 Å². The molecule has 2 N–H and O–H groups in total. The fraction of sp³-hybridized carbons (Fsp3) is 0.167. The Bertz CT molecular complexity index is 931. The smallest absolute Gasteiger partial charge is 0.325 e. The van der Waals surface area contributed by atoms with E-state index in [1.54, 1.807) is 18.2 Å². The number of hydrogen-bond acceptors (Lipinski definition) is 6. The SMILES string of the molecule is Cc1cccc(C(=O)NCC(=O)OCC(=O)Nc2ccc([N+](=O)[O-])cc2Cl)c1. The van der Waals surface area contributed by atoms with Gasteiger partial charge in [-0.3, -0.25) is 24.5 Å². The molecule has 10 heteroatoms. The van der Waals surface area contributed by atoms with E-state index in [1.165, 1.54) is 12.1 Å². The fourth-order valence-electron chi connectivity index (χ4n) is 2.14. The summed E-state index contributed by atoms with van der Waals surface area (Å²) in [5, 5.41) is 15.4. The first-order valence-corrected chi connectivity index (χ1v) is 8.38. The monoisotopic (exact) mass is 405 g/mol. The number of carbonyl (C=O) groups is 3. The number of non-ortho nitro benzene ring substituents is 1. The number of halogens is 1. The van der Waals surface area contributed by atoms with Crippen molar-refractivity contribution in [1.29, 1.82) is 0 Å². The molecule has 0 aliphatic carbocycles. The summed E-state index contributed by atoms with van der Waals surface area (Å²) in [5.41, 5.74) is 1.22. The summed E-state index contributed by atoms with van der Waals surface area (Å²) in [5.74, 6) is -1.93. The zero-order valence-electron chi connectivity index (χ0n) is 14.7. The van der Waals surface area contributed by atoms with Crippen LogP contribution < -0.4 is 10.6 Å². The Kier molecular flexibility index (Phi) is 7.05. The van der Waals surface area contributed by atoms with E-state index in [0.29, 0.717) is 5.56 Å². The van der Waals surface area contributed by atoms with Crippen molar-refractivity contribution in [1.82, 2.24) is 5.32 Å². The van der Waals surface area contributed by atoms with Crippen LogP contribution in [0.4, 0.5) is 11.4 Å². The molecule has 2 aromatic carbocycles. The minimum absolute atomic E-state index is 0.0284. The van der Waals surface area contributed by atoms with Gasteiger partial charge in [0, 0.05) is 17.7 Å². The molecule has 0 aromatic heterocycles. The highest BCUT2D eigenvalue weighted by molar-refractivity contribution is 6.34. The van der Waals surface area contributed by atoms with Crippen molar-refractivity contribution >= 4 is 40.8 Å². The van der Waals surface area contributed by atoms with Crippen molar-refractivity contribution in [3.8, 4) is 0 Å². The van der Waals surface area contributed by atoms with Crippen LogP contribution in [0.2, 0.25) is 5.02 Å². The quantitative estimate of drug-likeness (QED) is 0.413. The number of nitro benzene ring substituents is 1. The first-order chi connectivity index (χ1) is 13.3. The first-order valence-electron chi connectivity index (χ1n) is 8.00. The molecule has 0 atom stereocenters. The maximum absolute atomic E-state index is 11.9. The number of nitro groups is 1. The highest BCUT2D eigenvalue weighted by atomic mass is 35.5. The second-order valence-corrected chi connectivity index (χ2v) is 6.09. The summed E-state index contributed by atoms with van der Waals surface area (Å²) in [6.45, 7) is 0.825. The number of aryl methyl sites for hydroxylation is 1. The number of nitrogens with zero attached hydrogens (tertiary/aromatic N) is 1. The molecule has 28 heavy (non-hydrogen) atoms. The topological polar surface area (TPSA) is 128 Å². The van der Waals surface area contributed by atoms with Gasteiger partial charge in [0.2, 0.25) is 0 Å². The van der Waals surface area contributed by atoms with Gasteiger partial charge < -0.3 is 15.4 Å². The van der Waals surface area contributed by atoms with Crippen molar-refractivity contribution in [3.63, 3.8) is 0 Å². The first kappa shape index (κ1) is 20.8. The molecular formula is C18H16ClN3O6. The van der Waals surface area contributed by atoms with Gasteiger partial charge in [-0.2, -0.15) is 0 Å². The number of carbonyl (C=O) groups excluding carboxylic acids is 3. The number of amides is 2. The maximum atomic E-state index is 11.9. The largest absolute Gasteiger partial charge is 0.454 e. The predicted octanol–water partition coefficient (Wildman–Crippen LogP) is 2.47. The normalized spacial score (nSPS) is 10.1. The lowest BCUT2D eigenvalue weighted by atomic mass is 10.1. The van der Waals surface area contributed by atoms with E-state index in [1.807, 2.05) is 13.0 Å². The van der Waals surface area contributed by atoms with Gasteiger partial charge in [-0.05, 0) is 25.1 Å². The van der Waals surface area contributed by atoms with Crippen molar-refractivity contribution in [3.05, 3.63) is 68.7 Å². The molecule has 9 nitrogen and oxygen atoms in total. The molecule has 0 saturated heterocycles. The third-order valence-corrected chi connectivity index (χ3v) is 3.79. The summed E-state index contributed by atoms with van der Waals surface area (Å²) >= 11 is 5.86. The van der Waals surface area contributed by atoms with Gasteiger partial charge in [0.25, 0.3) is 17.5 Å². The van der Waals surface area contributed by atoms with Crippen LogP contribution in [-0.2, 0) is 14.3 Å². The van der Waals surface area contributed by atoms with Gasteiger partial charge in [-0.25, -0.2) is 0 Å². The number of benzene rings is 2. The molecule has 2 amide bonds. The van der Waals surface area contributed by atoms with Gasteiger partial charge in [-0.15, -0.1) is 0 Å². The molecule has 0 fully saturated rings. The number of hydrogen-bond donors (Lipinski definition) is 2. The Labute approximate surface area is 164 Å². The van der Waals surface area contributed by atoms with E-state index in [2.05, 4.69) is 10.6 Å². The Hall–Kier alpha value is -3.46. The fourth-order valence-corrected chi connectivity index (χ4v) is 2.37. The molecule has 0 heterocycles. The molecule has 0 saturated carbocycles. The van der Waals surface area contributed by atoms with E-state index >= 15 is 0 Å². The van der Waals surface area contributed by atoms with Crippen LogP contribution in [0, 0.1) is 17.0 Å². The van der Waals surface area contributed by atoms with Crippen LogP contribution in [0.3, 0.4) is 0 Å². The van der Waals surface area contributed by atoms with E-state index in [4.69, 9.17) is 16.3 Å². The Morgan fingerprint density at radius 2 is 1.93 bits per heavy atom. The second-order valence-electron chi connectivity index (χ2n) is 5.68. The lowest BCUT2D eigenvalue weighted by Crippen LogP contribution is -2.32. The summed E-state index contributed by atoms with van der Waals surface area (Å²) in [6.07, 6.45) is 0. The highest BCUT2D eigenvalue weighted by Crippen LogP contribution is 2.26. The number of rotatable bonds is 7. The van der Waals surface area contributed by atoms with Crippen LogP contribution >= 0.6 is 11.6 Å². The average Bonchev–Trinajstić information content (AvgIpc) is 2.65. The molecule has 0 aliphatic heterocycles. The van der Waals surface area contributed by atoms with Gasteiger partial charge in [-0.1, -0.05) is 29.3 Å². The van der Waals surface area contributed by atoms with E-state index in [-0.39, 0.29) is 16.4 Å². The maximum Gasteiger partial charge on any atom is 0.325 e. The lowest BCUT2D eigenvalue weighted by Gasteiger charge is -2.09. The van der Waals surface area contributed by atoms with E-state index < -0.39 is 35.9 Å². The van der Waals surface area contributed by atoms with Gasteiger partial charge in [0.05, 0.1) is 15.6 Å². The minimum Gasteiger partial charge on any atom is -0.454 e. The molecule has 146 valence electrons. The van der Waals surface area contributed by atoms with Crippen LogP contribution in [0.15, 0.2) is 42.5 Å². The lowest BCUT2D eigenvalue weighted by molar-refractivity contribution is -0.384. The Morgan fingerprint density at radius 3 is 2.57 bits per heavy atom. The Balaban J connectivity index is 1.78. The summed E-state index contributed by atoms with van der Waals surface area (Å²) in [6, 6.07) is 10.4. The van der Waals surface area contributed by atoms with E-state index in [0.717, 1.165) is 11.6 Å². The average molecular weight is 406 g/mol. The van der Waals surface area contributed by atoms with Gasteiger partial charge in [0.1, 0.15) is 6.54 Å².